The first kappa shape index (κ1) is 22.9. The summed E-state index contributed by atoms with van der Waals surface area (Å²) in [5.74, 6) is -1.80. The summed E-state index contributed by atoms with van der Waals surface area (Å²) in [5.41, 5.74) is 1.12. The second-order valence-corrected chi connectivity index (χ2v) is 8.39. The Balaban J connectivity index is 1.63. The maximum Gasteiger partial charge on any atom is 0.262 e. The summed E-state index contributed by atoms with van der Waals surface area (Å²) >= 11 is 0. The van der Waals surface area contributed by atoms with E-state index in [1.54, 1.807) is 30.3 Å². The molecule has 3 aromatic carbocycles. The van der Waals surface area contributed by atoms with Crippen molar-refractivity contribution in [2.24, 2.45) is 5.14 Å². The Morgan fingerprint density at radius 2 is 1.56 bits per heavy atom. The molecule has 0 aliphatic carbocycles. The monoisotopic (exact) mass is 457 g/mol. The number of hydrogen-bond acceptors (Lipinski definition) is 5. The Morgan fingerprint density at radius 3 is 2.25 bits per heavy atom. The van der Waals surface area contributed by atoms with Crippen molar-refractivity contribution in [1.29, 1.82) is 0 Å². The molecule has 3 rings (SSSR count). The Labute approximate surface area is 184 Å². The van der Waals surface area contributed by atoms with Crippen LogP contribution in [0, 0.1) is 5.82 Å². The molecule has 2 amide bonds. The number of sulfonamides is 1. The van der Waals surface area contributed by atoms with Gasteiger partial charge in [-0.25, -0.2) is 17.9 Å². The number of para-hydroxylation sites is 2. The van der Waals surface area contributed by atoms with Crippen molar-refractivity contribution in [2.45, 2.75) is 5.75 Å². The summed E-state index contributed by atoms with van der Waals surface area (Å²) in [7, 11) is -3.65. The molecule has 0 radical (unpaired) electrons. The summed E-state index contributed by atoms with van der Waals surface area (Å²) in [6, 6.07) is 18.2. The third-order valence-electron chi connectivity index (χ3n) is 4.22. The second kappa shape index (κ2) is 10.0. The largest absolute Gasteiger partial charge is 0.483 e. The van der Waals surface area contributed by atoms with Crippen molar-refractivity contribution < 1.29 is 27.1 Å². The molecular weight excluding hydrogens is 437 g/mol. The number of nitrogens with one attached hydrogen (secondary N) is 2. The number of anilines is 2. The fraction of sp³-hybridized carbons (Fsp3) is 0.0909. The Kier molecular flexibility index (Phi) is 7.18. The average Bonchev–Trinajstić information content (AvgIpc) is 2.74. The van der Waals surface area contributed by atoms with E-state index < -0.39 is 34.3 Å². The average molecular weight is 457 g/mol. The van der Waals surface area contributed by atoms with Gasteiger partial charge in [-0.05, 0) is 42.0 Å². The highest BCUT2D eigenvalue weighted by molar-refractivity contribution is 7.88. The molecule has 0 saturated carbocycles. The van der Waals surface area contributed by atoms with Crippen molar-refractivity contribution in [3.05, 3.63) is 89.7 Å². The van der Waals surface area contributed by atoms with Crippen LogP contribution < -0.4 is 20.5 Å². The number of hydrogen-bond donors (Lipinski definition) is 3. The predicted octanol–water partition coefficient (Wildman–Crippen LogP) is 2.88. The van der Waals surface area contributed by atoms with Gasteiger partial charge in [0.15, 0.2) is 6.61 Å². The highest BCUT2D eigenvalue weighted by Gasteiger charge is 2.15. The molecule has 0 aromatic heterocycles. The minimum Gasteiger partial charge on any atom is -0.483 e. The molecule has 0 unspecified atom stereocenters. The minimum absolute atomic E-state index is 0.0259. The zero-order valence-electron chi connectivity index (χ0n) is 16.7. The van der Waals surface area contributed by atoms with Gasteiger partial charge in [-0.2, -0.15) is 0 Å². The fourth-order valence-corrected chi connectivity index (χ4v) is 3.44. The van der Waals surface area contributed by atoms with Crippen molar-refractivity contribution in [3.8, 4) is 5.75 Å². The number of carbonyl (C=O) groups excluding carboxylic acids is 2. The molecule has 0 saturated heterocycles. The zero-order valence-corrected chi connectivity index (χ0v) is 17.6. The lowest BCUT2D eigenvalue weighted by molar-refractivity contribution is -0.118. The predicted molar refractivity (Wildman–Crippen MR) is 118 cm³/mol. The molecule has 0 spiro atoms. The van der Waals surface area contributed by atoms with Crippen molar-refractivity contribution in [1.82, 2.24) is 0 Å². The van der Waals surface area contributed by atoms with Crippen molar-refractivity contribution >= 4 is 33.2 Å². The summed E-state index contributed by atoms with van der Waals surface area (Å²) < 4.78 is 41.4. The molecule has 10 heteroatoms. The smallest absolute Gasteiger partial charge is 0.262 e. The molecule has 0 aliphatic heterocycles. The van der Waals surface area contributed by atoms with E-state index in [1.165, 1.54) is 42.5 Å². The van der Waals surface area contributed by atoms with E-state index in [-0.39, 0.29) is 22.8 Å². The van der Waals surface area contributed by atoms with Crippen LogP contribution in [-0.2, 0) is 20.6 Å². The van der Waals surface area contributed by atoms with Gasteiger partial charge in [0.1, 0.15) is 11.6 Å². The lowest BCUT2D eigenvalue weighted by Crippen LogP contribution is -2.22. The van der Waals surface area contributed by atoms with Gasteiger partial charge in [-0.1, -0.05) is 36.4 Å². The van der Waals surface area contributed by atoms with E-state index in [4.69, 9.17) is 9.88 Å². The Morgan fingerprint density at radius 1 is 0.906 bits per heavy atom. The van der Waals surface area contributed by atoms with Crippen LogP contribution in [0.15, 0.2) is 72.8 Å². The number of nitrogens with two attached hydrogens (primary N) is 1. The first-order valence-corrected chi connectivity index (χ1v) is 11.1. The van der Waals surface area contributed by atoms with Gasteiger partial charge in [-0.3, -0.25) is 9.59 Å². The second-order valence-electron chi connectivity index (χ2n) is 6.77. The third-order valence-corrected chi connectivity index (χ3v) is 4.95. The molecule has 0 aliphatic rings. The molecule has 3 aromatic rings. The van der Waals surface area contributed by atoms with E-state index in [1.807, 2.05) is 0 Å². The number of rotatable bonds is 8. The van der Waals surface area contributed by atoms with Gasteiger partial charge in [0.25, 0.3) is 11.8 Å². The van der Waals surface area contributed by atoms with E-state index in [9.17, 15) is 22.4 Å². The highest BCUT2D eigenvalue weighted by atomic mass is 32.2. The Bertz CT molecular complexity index is 1230. The van der Waals surface area contributed by atoms with Crippen LogP contribution in [0.25, 0.3) is 0 Å². The van der Waals surface area contributed by atoms with Crippen LogP contribution in [0.1, 0.15) is 15.9 Å². The molecule has 32 heavy (non-hydrogen) atoms. The summed E-state index contributed by atoms with van der Waals surface area (Å²) in [4.78, 5) is 24.8. The summed E-state index contributed by atoms with van der Waals surface area (Å²) in [5, 5.41) is 10.1. The van der Waals surface area contributed by atoms with Gasteiger partial charge in [0.05, 0.1) is 17.0 Å². The first-order valence-electron chi connectivity index (χ1n) is 9.38. The van der Waals surface area contributed by atoms with Crippen molar-refractivity contribution in [2.75, 3.05) is 17.2 Å². The third kappa shape index (κ3) is 6.62. The van der Waals surface area contributed by atoms with Crippen LogP contribution >= 0.6 is 0 Å². The number of benzene rings is 3. The van der Waals surface area contributed by atoms with Crippen LogP contribution in [-0.4, -0.2) is 26.8 Å². The van der Waals surface area contributed by atoms with Gasteiger partial charge >= 0.3 is 0 Å². The lowest BCUT2D eigenvalue weighted by Gasteiger charge is -2.12. The van der Waals surface area contributed by atoms with E-state index in [0.29, 0.717) is 11.3 Å². The maximum absolute atomic E-state index is 13.7. The number of primary sulfonamides is 1. The molecule has 4 N–H and O–H groups in total. The molecule has 8 nitrogen and oxygen atoms in total. The molecule has 0 heterocycles. The van der Waals surface area contributed by atoms with E-state index in [0.717, 1.165) is 0 Å². The van der Waals surface area contributed by atoms with Crippen LogP contribution in [0.2, 0.25) is 0 Å². The SMILES string of the molecule is NS(=O)(=O)Cc1ccc(NC(=O)c2ccccc2OCC(=O)Nc2ccccc2F)cc1. The van der Waals surface area contributed by atoms with Crippen LogP contribution in [0.5, 0.6) is 5.75 Å². The number of carbonyl (C=O) groups is 2. The summed E-state index contributed by atoms with van der Waals surface area (Å²) in [6.45, 7) is -0.430. The van der Waals surface area contributed by atoms with Gasteiger partial charge in [-0.15, -0.1) is 0 Å². The van der Waals surface area contributed by atoms with Crippen molar-refractivity contribution in [3.63, 3.8) is 0 Å². The fourth-order valence-electron chi connectivity index (χ4n) is 2.79. The minimum atomic E-state index is -3.65. The number of amides is 2. The molecule has 0 fully saturated rings. The van der Waals surface area contributed by atoms with Gasteiger partial charge in [0.2, 0.25) is 10.0 Å². The maximum atomic E-state index is 13.7. The standard InChI is InChI=1S/C22H20FN3O5S/c23-18-6-2-3-7-19(18)26-21(27)13-31-20-8-4-1-5-17(20)22(28)25-16-11-9-15(10-12-16)14-32(24,29)30/h1-12H,13-14H2,(H,25,28)(H,26,27)(H2,24,29,30). The van der Waals surface area contributed by atoms with Gasteiger partial charge in [0, 0.05) is 5.69 Å². The quantitative estimate of drug-likeness (QED) is 0.479. The number of halogens is 1. The zero-order chi connectivity index (χ0) is 23.1. The lowest BCUT2D eigenvalue weighted by atomic mass is 10.1. The van der Waals surface area contributed by atoms with Crippen LogP contribution in [0.3, 0.4) is 0 Å². The molecule has 0 atom stereocenters. The normalized spacial score (nSPS) is 10.9. The Hall–Kier alpha value is -3.76. The first-order chi connectivity index (χ1) is 15.2. The van der Waals surface area contributed by atoms with E-state index >= 15 is 0 Å². The number of ether oxygens (including phenoxy) is 1. The molecule has 0 bridgehead atoms. The highest BCUT2D eigenvalue weighted by Crippen LogP contribution is 2.21. The van der Waals surface area contributed by atoms with Gasteiger partial charge < -0.3 is 15.4 Å². The molecular formula is C22H20FN3O5S. The molecule has 166 valence electrons. The van der Waals surface area contributed by atoms with Crippen LogP contribution in [0.4, 0.5) is 15.8 Å². The topological polar surface area (TPSA) is 128 Å². The van der Waals surface area contributed by atoms with E-state index in [2.05, 4.69) is 10.6 Å². The summed E-state index contributed by atoms with van der Waals surface area (Å²) in [6.07, 6.45) is 0.